The van der Waals surface area contributed by atoms with Gasteiger partial charge in [-0.2, -0.15) is 0 Å². The van der Waals surface area contributed by atoms with E-state index in [0.717, 1.165) is 22.2 Å². The summed E-state index contributed by atoms with van der Waals surface area (Å²) in [5, 5.41) is 3.11. The molecule has 0 spiro atoms. The molecule has 1 aliphatic rings. The number of nitrogens with zero attached hydrogens (tertiary/aromatic N) is 1. The Morgan fingerprint density at radius 1 is 1.42 bits per heavy atom. The van der Waals surface area contributed by atoms with Gasteiger partial charge in [0, 0.05) is 11.8 Å². The molecule has 2 atom stereocenters. The fourth-order valence-electron chi connectivity index (χ4n) is 2.12. The second-order valence-corrected chi connectivity index (χ2v) is 5.70. The molecule has 100 valence electrons. The van der Waals surface area contributed by atoms with Gasteiger partial charge in [-0.3, -0.25) is 0 Å². The lowest BCUT2D eigenvalue weighted by Gasteiger charge is -2.30. The number of ether oxygens (including phenoxy) is 2. The van der Waals surface area contributed by atoms with Crippen LogP contribution in [0.4, 0.5) is 0 Å². The van der Waals surface area contributed by atoms with E-state index in [1.165, 1.54) is 0 Å². The predicted octanol–water partition coefficient (Wildman–Crippen LogP) is 2.16. The molecule has 0 amide bonds. The van der Waals surface area contributed by atoms with Crippen molar-refractivity contribution in [3.8, 4) is 11.5 Å². The van der Waals surface area contributed by atoms with Gasteiger partial charge >= 0.3 is 0 Å². The topological polar surface area (TPSA) is 57.4 Å². The molecule has 3 rings (SSSR count). The minimum atomic E-state index is -0.128. The molecule has 0 radical (unpaired) electrons. The number of benzene rings is 1. The van der Waals surface area contributed by atoms with Crippen molar-refractivity contribution in [3.63, 3.8) is 0 Å². The van der Waals surface area contributed by atoms with Gasteiger partial charge in [-0.1, -0.05) is 12.1 Å². The van der Waals surface area contributed by atoms with E-state index in [1.807, 2.05) is 36.6 Å². The van der Waals surface area contributed by atoms with Gasteiger partial charge in [0.05, 0.1) is 16.7 Å². The molecule has 2 aromatic rings. The third kappa shape index (κ3) is 2.72. The van der Waals surface area contributed by atoms with E-state index in [-0.39, 0.29) is 12.1 Å². The number of nitrogens with two attached hydrogens (primary N) is 1. The Labute approximate surface area is 116 Å². The summed E-state index contributed by atoms with van der Waals surface area (Å²) in [6.45, 7) is 2.48. The lowest BCUT2D eigenvalue weighted by Crippen LogP contribution is -2.46. The zero-order chi connectivity index (χ0) is 13.2. The third-order valence-electron chi connectivity index (χ3n) is 3.12. The van der Waals surface area contributed by atoms with Crippen LogP contribution in [-0.4, -0.2) is 23.7 Å². The van der Waals surface area contributed by atoms with Crippen LogP contribution >= 0.6 is 11.3 Å². The number of hydrogen-bond donors (Lipinski definition) is 1. The van der Waals surface area contributed by atoms with Crippen LogP contribution in [0.2, 0.25) is 0 Å². The summed E-state index contributed by atoms with van der Waals surface area (Å²) in [4.78, 5) is 4.43. The van der Waals surface area contributed by atoms with Crippen molar-refractivity contribution in [3.05, 3.63) is 40.3 Å². The predicted molar refractivity (Wildman–Crippen MR) is 74.9 cm³/mol. The molecule has 1 aromatic heterocycles. The van der Waals surface area contributed by atoms with Gasteiger partial charge < -0.3 is 15.2 Å². The van der Waals surface area contributed by atoms with Crippen molar-refractivity contribution in [2.24, 2.45) is 5.73 Å². The normalized spacial score (nSPS) is 19.2. The van der Waals surface area contributed by atoms with E-state index >= 15 is 0 Å². The minimum absolute atomic E-state index is 0.116. The van der Waals surface area contributed by atoms with Crippen LogP contribution in [0.15, 0.2) is 29.6 Å². The summed E-state index contributed by atoms with van der Waals surface area (Å²) in [7, 11) is 0. The first-order valence-corrected chi connectivity index (χ1v) is 7.15. The molecule has 2 heterocycles. The van der Waals surface area contributed by atoms with Gasteiger partial charge in [-0.25, -0.2) is 4.98 Å². The Balaban J connectivity index is 1.67. The van der Waals surface area contributed by atoms with Crippen LogP contribution in [0.3, 0.4) is 0 Å². The van der Waals surface area contributed by atoms with Crippen LogP contribution in [0, 0.1) is 6.92 Å². The van der Waals surface area contributed by atoms with Crippen molar-refractivity contribution in [1.82, 2.24) is 4.98 Å². The first kappa shape index (κ1) is 12.4. The molecule has 0 fully saturated rings. The van der Waals surface area contributed by atoms with Gasteiger partial charge in [0.25, 0.3) is 0 Å². The average Bonchev–Trinajstić information content (AvgIpc) is 2.83. The highest BCUT2D eigenvalue weighted by Crippen LogP contribution is 2.31. The standard InChI is InChI=1S/C14H16N2O2S/c1-9-16-10(8-19-9)6-11(15)14-7-17-12-4-2-3-5-13(12)18-14/h2-5,8,11,14H,6-7,15H2,1H3. The molecular weight excluding hydrogens is 260 g/mol. The van der Waals surface area contributed by atoms with Crippen molar-refractivity contribution < 1.29 is 9.47 Å². The molecule has 0 aliphatic carbocycles. The molecule has 1 aliphatic heterocycles. The molecule has 0 saturated carbocycles. The summed E-state index contributed by atoms with van der Waals surface area (Å²) < 4.78 is 11.6. The Hall–Kier alpha value is -1.59. The van der Waals surface area contributed by atoms with E-state index in [2.05, 4.69) is 4.98 Å². The van der Waals surface area contributed by atoms with Gasteiger partial charge in [0.1, 0.15) is 12.7 Å². The van der Waals surface area contributed by atoms with Gasteiger partial charge in [-0.15, -0.1) is 11.3 Å². The highest BCUT2D eigenvalue weighted by Gasteiger charge is 2.26. The fraction of sp³-hybridized carbons (Fsp3) is 0.357. The number of aromatic nitrogens is 1. The molecule has 0 bridgehead atoms. The minimum Gasteiger partial charge on any atom is -0.486 e. The zero-order valence-electron chi connectivity index (χ0n) is 10.7. The Kier molecular flexibility index (Phi) is 3.40. The SMILES string of the molecule is Cc1nc(CC(N)C2COc3ccccc3O2)cs1. The maximum atomic E-state index is 6.21. The lowest BCUT2D eigenvalue weighted by atomic mass is 10.1. The highest BCUT2D eigenvalue weighted by atomic mass is 32.1. The van der Waals surface area contributed by atoms with Crippen molar-refractivity contribution >= 4 is 11.3 Å². The molecule has 0 saturated heterocycles. The molecule has 5 heteroatoms. The van der Waals surface area contributed by atoms with Crippen molar-refractivity contribution in [2.75, 3.05) is 6.61 Å². The van der Waals surface area contributed by atoms with E-state index in [0.29, 0.717) is 13.0 Å². The number of para-hydroxylation sites is 2. The summed E-state index contributed by atoms with van der Waals surface area (Å²) in [6, 6.07) is 7.55. The summed E-state index contributed by atoms with van der Waals surface area (Å²) in [6.07, 6.45) is 0.581. The summed E-state index contributed by atoms with van der Waals surface area (Å²) in [5.74, 6) is 1.55. The van der Waals surface area contributed by atoms with Gasteiger partial charge in [-0.05, 0) is 19.1 Å². The molecule has 2 N–H and O–H groups in total. The first-order valence-electron chi connectivity index (χ1n) is 6.27. The third-order valence-corrected chi connectivity index (χ3v) is 3.94. The smallest absolute Gasteiger partial charge is 0.161 e. The maximum Gasteiger partial charge on any atom is 0.161 e. The summed E-state index contributed by atoms with van der Waals surface area (Å²) in [5.41, 5.74) is 7.23. The Bertz CT molecular complexity index is 570. The molecule has 19 heavy (non-hydrogen) atoms. The van der Waals surface area contributed by atoms with Crippen LogP contribution in [0.1, 0.15) is 10.7 Å². The second kappa shape index (κ2) is 5.19. The van der Waals surface area contributed by atoms with Crippen LogP contribution in [0.25, 0.3) is 0 Å². The van der Waals surface area contributed by atoms with Gasteiger partial charge in [0.2, 0.25) is 0 Å². The Morgan fingerprint density at radius 2 is 2.21 bits per heavy atom. The van der Waals surface area contributed by atoms with Crippen LogP contribution < -0.4 is 15.2 Å². The number of rotatable bonds is 3. The maximum absolute atomic E-state index is 6.21. The largest absolute Gasteiger partial charge is 0.486 e. The van der Waals surface area contributed by atoms with Crippen LogP contribution in [0.5, 0.6) is 11.5 Å². The summed E-state index contributed by atoms with van der Waals surface area (Å²) >= 11 is 1.64. The van der Waals surface area contributed by atoms with E-state index < -0.39 is 0 Å². The van der Waals surface area contributed by atoms with Crippen LogP contribution in [-0.2, 0) is 6.42 Å². The molecule has 1 aromatic carbocycles. The molecular formula is C14H16N2O2S. The number of fused-ring (bicyclic) bond motifs is 1. The van der Waals surface area contributed by atoms with E-state index in [9.17, 15) is 0 Å². The fourth-order valence-corrected chi connectivity index (χ4v) is 2.75. The van der Waals surface area contributed by atoms with E-state index in [4.69, 9.17) is 15.2 Å². The number of thiazole rings is 1. The van der Waals surface area contributed by atoms with E-state index in [1.54, 1.807) is 11.3 Å². The number of hydrogen-bond acceptors (Lipinski definition) is 5. The first-order chi connectivity index (χ1) is 9.22. The lowest BCUT2D eigenvalue weighted by molar-refractivity contribution is 0.0721. The van der Waals surface area contributed by atoms with Gasteiger partial charge in [0.15, 0.2) is 11.5 Å². The molecule has 4 nitrogen and oxygen atoms in total. The highest BCUT2D eigenvalue weighted by molar-refractivity contribution is 7.09. The Morgan fingerprint density at radius 3 is 2.95 bits per heavy atom. The second-order valence-electron chi connectivity index (χ2n) is 4.64. The quantitative estimate of drug-likeness (QED) is 0.933. The zero-order valence-corrected chi connectivity index (χ0v) is 11.5. The van der Waals surface area contributed by atoms with Crippen molar-refractivity contribution in [1.29, 1.82) is 0 Å². The molecule has 2 unspecified atom stereocenters. The number of aryl methyl sites for hydroxylation is 1. The average molecular weight is 276 g/mol. The monoisotopic (exact) mass is 276 g/mol. The van der Waals surface area contributed by atoms with Crippen molar-refractivity contribution in [2.45, 2.75) is 25.5 Å².